The first-order valence-corrected chi connectivity index (χ1v) is 6.47. The van der Waals surface area contributed by atoms with Crippen LogP contribution in [0.5, 0.6) is 0 Å². The fourth-order valence-electron chi connectivity index (χ4n) is 2.43. The predicted molar refractivity (Wildman–Crippen MR) is 71.0 cm³/mol. The van der Waals surface area contributed by atoms with Crippen LogP contribution in [0.4, 0.5) is 5.69 Å². The quantitative estimate of drug-likeness (QED) is 0.857. The molecule has 5 nitrogen and oxygen atoms in total. The van der Waals surface area contributed by atoms with E-state index in [1.54, 1.807) is 4.68 Å². The second-order valence-corrected chi connectivity index (χ2v) is 5.50. The van der Waals surface area contributed by atoms with Crippen molar-refractivity contribution >= 4 is 11.6 Å². The van der Waals surface area contributed by atoms with Gasteiger partial charge in [-0.1, -0.05) is 13.8 Å². The number of carbonyl (C=O) groups is 1. The summed E-state index contributed by atoms with van der Waals surface area (Å²) in [5.74, 6) is 1.30. The molecule has 2 atom stereocenters. The van der Waals surface area contributed by atoms with E-state index in [1.165, 1.54) is 0 Å². The van der Waals surface area contributed by atoms with Crippen LogP contribution in [0.3, 0.4) is 0 Å². The molecule has 2 rings (SSSR count). The number of likely N-dealkylation sites (tertiary alicyclic amines) is 1. The maximum atomic E-state index is 12.2. The van der Waals surface area contributed by atoms with Gasteiger partial charge in [0.25, 0.3) is 0 Å². The van der Waals surface area contributed by atoms with Crippen LogP contribution in [-0.4, -0.2) is 33.7 Å². The minimum atomic E-state index is 0.136. The van der Waals surface area contributed by atoms with Crippen molar-refractivity contribution in [2.75, 3.05) is 18.8 Å². The third-order valence-corrected chi connectivity index (χ3v) is 4.06. The van der Waals surface area contributed by atoms with Crippen LogP contribution in [0, 0.1) is 25.7 Å². The molecule has 18 heavy (non-hydrogen) atoms. The van der Waals surface area contributed by atoms with E-state index in [0.29, 0.717) is 24.1 Å². The SMILES string of the molecule is Cc1nn(CC(=O)N2CC(C)C(C)C2)c(C)c1N. The van der Waals surface area contributed by atoms with Gasteiger partial charge >= 0.3 is 0 Å². The Kier molecular flexibility index (Phi) is 3.32. The third kappa shape index (κ3) is 2.21. The summed E-state index contributed by atoms with van der Waals surface area (Å²) in [5, 5.41) is 4.30. The lowest BCUT2D eigenvalue weighted by Gasteiger charge is -2.16. The topological polar surface area (TPSA) is 64.2 Å². The van der Waals surface area contributed by atoms with Gasteiger partial charge in [0, 0.05) is 13.1 Å². The van der Waals surface area contributed by atoms with Gasteiger partial charge in [-0.2, -0.15) is 5.10 Å². The Morgan fingerprint density at radius 2 is 1.89 bits per heavy atom. The highest BCUT2D eigenvalue weighted by Crippen LogP contribution is 2.22. The lowest BCUT2D eigenvalue weighted by atomic mass is 10.0. The molecule has 1 fully saturated rings. The van der Waals surface area contributed by atoms with E-state index in [9.17, 15) is 4.79 Å². The first-order chi connectivity index (χ1) is 8.40. The number of carbonyl (C=O) groups excluding carboxylic acids is 1. The van der Waals surface area contributed by atoms with Gasteiger partial charge in [0.1, 0.15) is 6.54 Å². The van der Waals surface area contributed by atoms with Crippen molar-refractivity contribution in [3.8, 4) is 0 Å². The summed E-state index contributed by atoms with van der Waals surface area (Å²) in [6.07, 6.45) is 0. The van der Waals surface area contributed by atoms with Crippen molar-refractivity contribution < 1.29 is 4.79 Å². The van der Waals surface area contributed by atoms with E-state index in [2.05, 4.69) is 18.9 Å². The van der Waals surface area contributed by atoms with E-state index in [0.717, 1.165) is 24.5 Å². The second-order valence-electron chi connectivity index (χ2n) is 5.50. The molecule has 0 bridgehead atoms. The third-order valence-electron chi connectivity index (χ3n) is 4.06. The van der Waals surface area contributed by atoms with Gasteiger partial charge in [0.15, 0.2) is 0 Å². The van der Waals surface area contributed by atoms with Crippen molar-refractivity contribution in [1.29, 1.82) is 0 Å². The Morgan fingerprint density at radius 3 is 2.33 bits per heavy atom. The van der Waals surface area contributed by atoms with Crippen LogP contribution in [0.2, 0.25) is 0 Å². The molecule has 1 aliphatic heterocycles. The summed E-state index contributed by atoms with van der Waals surface area (Å²) < 4.78 is 1.71. The lowest BCUT2D eigenvalue weighted by Crippen LogP contribution is -2.32. The largest absolute Gasteiger partial charge is 0.396 e. The molecule has 5 heteroatoms. The number of hydrogen-bond acceptors (Lipinski definition) is 3. The Hall–Kier alpha value is -1.52. The molecular weight excluding hydrogens is 228 g/mol. The van der Waals surface area contributed by atoms with Gasteiger partial charge < -0.3 is 10.6 Å². The molecule has 2 N–H and O–H groups in total. The summed E-state index contributed by atoms with van der Waals surface area (Å²) in [6, 6.07) is 0. The maximum Gasteiger partial charge on any atom is 0.244 e. The molecule has 1 aromatic heterocycles. The average Bonchev–Trinajstić information content (AvgIpc) is 2.76. The number of nitrogens with two attached hydrogens (primary N) is 1. The van der Waals surface area contributed by atoms with Crippen LogP contribution in [-0.2, 0) is 11.3 Å². The molecule has 2 unspecified atom stereocenters. The Morgan fingerprint density at radius 1 is 1.33 bits per heavy atom. The normalized spacial score (nSPS) is 23.7. The van der Waals surface area contributed by atoms with Crippen LogP contribution < -0.4 is 5.73 Å². The molecule has 1 saturated heterocycles. The summed E-state index contributed by atoms with van der Waals surface area (Å²) >= 11 is 0. The highest BCUT2D eigenvalue weighted by Gasteiger charge is 2.29. The number of anilines is 1. The summed E-state index contributed by atoms with van der Waals surface area (Å²) in [6.45, 7) is 10.2. The minimum Gasteiger partial charge on any atom is -0.396 e. The van der Waals surface area contributed by atoms with Crippen molar-refractivity contribution in [2.45, 2.75) is 34.2 Å². The minimum absolute atomic E-state index is 0.136. The first-order valence-electron chi connectivity index (χ1n) is 6.47. The monoisotopic (exact) mass is 250 g/mol. The van der Waals surface area contributed by atoms with Gasteiger partial charge in [0.05, 0.1) is 17.1 Å². The fraction of sp³-hybridized carbons (Fsp3) is 0.692. The Bertz CT molecular complexity index is 456. The zero-order valence-corrected chi connectivity index (χ0v) is 11.6. The fourth-order valence-corrected chi connectivity index (χ4v) is 2.43. The molecule has 1 aromatic rings. The van der Waals surface area contributed by atoms with Crippen LogP contribution >= 0.6 is 0 Å². The van der Waals surface area contributed by atoms with Gasteiger partial charge in [-0.3, -0.25) is 9.48 Å². The lowest BCUT2D eigenvalue weighted by molar-refractivity contribution is -0.131. The highest BCUT2D eigenvalue weighted by atomic mass is 16.2. The number of hydrogen-bond donors (Lipinski definition) is 1. The van der Waals surface area contributed by atoms with Gasteiger partial charge in [0.2, 0.25) is 5.91 Å². The number of amides is 1. The number of aromatic nitrogens is 2. The van der Waals surface area contributed by atoms with Crippen molar-refractivity contribution in [1.82, 2.24) is 14.7 Å². The summed E-state index contributed by atoms with van der Waals surface area (Å²) in [7, 11) is 0. The van der Waals surface area contributed by atoms with Crippen molar-refractivity contribution in [3.05, 3.63) is 11.4 Å². The number of aryl methyl sites for hydroxylation is 1. The van der Waals surface area contributed by atoms with Crippen LogP contribution in [0.1, 0.15) is 25.2 Å². The molecule has 1 amide bonds. The van der Waals surface area contributed by atoms with E-state index in [4.69, 9.17) is 5.73 Å². The van der Waals surface area contributed by atoms with Crippen LogP contribution in [0.25, 0.3) is 0 Å². The van der Waals surface area contributed by atoms with E-state index in [1.807, 2.05) is 18.7 Å². The van der Waals surface area contributed by atoms with Gasteiger partial charge in [-0.25, -0.2) is 0 Å². The summed E-state index contributed by atoms with van der Waals surface area (Å²) in [5.41, 5.74) is 8.22. The number of rotatable bonds is 2. The highest BCUT2D eigenvalue weighted by molar-refractivity contribution is 5.76. The standard InChI is InChI=1S/C13H22N4O/c1-8-5-16(6-9(8)2)12(18)7-17-11(4)13(14)10(3)15-17/h8-9H,5-7,14H2,1-4H3. The van der Waals surface area contributed by atoms with E-state index < -0.39 is 0 Å². The Labute approximate surface area is 108 Å². The molecule has 0 spiro atoms. The molecule has 0 radical (unpaired) electrons. The molecule has 100 valence electrons. The van der Waals surface area contributed by atoms with E-state index in [-0.39, 0.29) is 5.91 Å². The second kappa shape index (κ2) is 4.63. The van der Waals surface area contributed by atoms with Crippen molar-refractivity contribution in [2.24, 2.45) is 11.8 Å². The molecule has 0 aromatic carbocycles. The zero-order valence-electron chi connectivity index (χ0n) is 11.6. The molecule has 0 saturated carbocycles. The van der Waals surface area contributed by atoms with Crippen LogP contribution in [0.15, 0.2) is 0 Å². The molecular formula is C13H22N4O. The zero-order chi connectivity index (χ0) is 13.4. The van der Waals surface area contributed by atoms with Gasteiger partial charge in [-0.05, 0) is 25.7 Å². The molecule has 2 heterocycles. The predicted octanol–water partition coefficient (Wildman–Crippen LogP) is 1.20. The van der Waals surface area contributed by atoms with Crippen molar-refractivity contribution in [3.63, 3.8) is 0 Å². The molecule has 1 aliphatic rings. The number of nitrogen functional groups attached to an aromatic ring is 1. The smallest absolute Gasteiger partial charge is 0.244 e. The molecule has 0 aliphatic carbocycles. The number of nitrogens with zero attached hydrogens (tertiary/aromatic N) is 3. The summed E-state index contributed by atoms with van der Waals surface area (Å²) in [4.78, 5) is 14.1. The van der Waals surface area contributed by atoms with Gasteiger partial charge in [-0.15, -0.1) is 0 Å². The first kappa shape index (κ1) is 12.9. The Balaban J connectivity index is 2.06. The average molecular weight is 250 g/mol. The maximum absolute atomic E-state index is 12.2. The van der Waals surface area contributed by atoms with E-state index >= 15 is 0 Å².